The maximum atomic E-state index is 5.88. The Labute approximate surface area is 212 Å². The molecule has 0 amide bonds. The smallest absolute Gasteiger partial charge is 0.0553 e. The average molecular weight is 555 g/mol. The maximum absolute atomic E-state index is 5.88. The summed E-state index contributed by atoms with van der Waals surface area (Å²) in [5.41, 5.74) is 3.15. The van der Waals surface area contributed by atoms with E-state index in [4.69, 9.17) is 17.0 Å². The molecule has 0 bridgehead atoms. The van der Waals surface area contributed by atoms with Crippen LogP contribution in [-0.4, -0.2) is 3.21 Å². The zero-order chi connectivity index (χ0) is 22.6. The first kappa shape index (κ1) is 23.7. The van der Waals surface area contributed by atoms with Crippen molar-refractivity contribution in [2.45, 2.75) is 69.6 Å². The van der Waals surface area contributed by atoms with E-state index in [-0.39, 0.29) is 0 Å². The van der Waals surface area contributed by atoms with Gasteiger partial charge in [-0.3, -0.25) is 0 Å². The maximum Gasteiger partial charge on any atom is -0.0553 e. The third kappa shape index (κ3) is 6.17. The molecule has 0 aliphatic heterocycles. The standard InChI is InChI=1S/2C12H11.C6H10.2ClH.Zr/c2*1-2-4-11-9(3-1)7-8-12(11)10-5-6-10;1-2-4-6-5-3-1;;;/h2*1-4,7-8,10H,5-6H2;1-5H2;2*1H;/q2*-1;;;;+2/p-2. The molecular weight excluding hydrogens is 522 g/mol. The van der Waals surface area contributed by atoms with E-state index >= 15 is 0 Å². The first-order chi connectivity index (χ1) is 16.2. The predicted octanol–water partition coefficient (Wildman–Crippen LogP) is 9.92. The van der Waals surface area contributed by atoms with Crippen molar-refractivity contribution in [2.24, 2.45) is 0 Å². The molecule has 3 aliphatic carbocycles. The van der Waals surface area contributed by atoms with Crippen molar-refractivity contribution in [3.8, 4) is 0 Å². The van der Waals surface area contributed by atoms with Crippen LogP contribution in [-0.2, 0) is 18.9 Å². The molecule has 3 aliphatic rings. The first-order valence-electron chi connectivity index (χ1n) is 12.5. The van der Waals surface area contributed by atoms with Gasteiger partial charge in [-0.15, -0.1) is 82.2 Å². The Morgan fingerprint density at radius 2 is 1.09 bits per heavy atom. The Morgan fingerprint density at radius 1 is 0.636 bits per heavy atom. The Morgan fingerprint density at radius 3 is 1.48 bits per heavy atom. The molecular formula is C30H32Cl2Zr-2. The normalized spacial score (nSPS) is 17.8. The number of hydrogen-bond donors (Lipinski definition) is 0. The van der Waals surface area contributed by atoms with E-state index in [1.54, 1.807) is 11.1 Å². The third-order valence-corrected chi connectivity index (χ3v) is 12.9. The second-order valence-corrected chi connectivity index (χ2v) is 18.4. The van der Waals surface area contributed by atoms with Gasteiger partial charge in [-0.25, -0.2) is 0 Å². The van der Waals surface area contributed by atoms with Gasteiger partial charge in [0.25, 0.3) is 0 Å². The first-order valence-corrected chi connectivity index (χ1v) is 20.1. The number of rotatable bonds is 2. The van der Waals surface area contributed by atoms with E-state index in [1.165, 1.54) is 82.5 Å². The molecule has 0 saturated heterocycles. The fourth-order valence-corrected chi connectivity index (χ4v) is 9.05. The minimum Gasteiger partial charge on any atom is -0.150 e. The number of hydrogen-bond acceptors (Lipinski definition) is 0. The molecule has 0 radical (unpaired) electrons. The quantitative estimate of drug-likeness (QED) is 0.216. The summed E-state index contributed by atoms with van der Waals surface area (Å²) < 4.78 is 1.53. The summed E-state index contributed by atoms with van der Waals surface area (Å²) in [5, 5.41) is 5.75. The predicted molar refractivity (Wildman–Crippen MR) is 143 cm³/mol. The van der Waals surface area contributed by atoms with Gasteiger partial charge < -0.3 is 0 Å². The molecule has 4 aromatic carbocycles. The van der Waals surface area contributed by atoms with Crippen molar-refractivity contribution < 1.29 is 18.9 Å². The van der Waals surface area contributed by atoms with Crippen LogP contribution >= 0.6 is 17.0 Å². The van der Waals surface area contributed by atoms with Gasteiger partial charge in [0, 0.05) is 0 Å². The Kier molecular flexibility index (Phi) is 8.02. The van der Waals surface area contributed by atoms with Crippen molar-refractivity contribution in [3.63, 3.8) is 0 Å². The third-order valence-electron chi connectivity index (χ3n) is 7.19. The van der Waals surface area contributed by atoms with Crippen LogP contribution in [0.3, 0.4) is 0 Å². The van der Waals surface area contributed by atoms with Gasteiger partial charge in [0.05, 0.1) is 0 Å². The Bertz CT molecular complexity index is 1140. The molecule has 0 spiro atoms. The molecule has 0 aromatic heterocycles. The minimum atomic E-state index is -1.88. The largest absolute Gasteiger partial charge is 0.150 e. The summed E-state index contributed by atoms with van der Waals surface area (Å²) in [7, 11) is 11.8. The van der Waals surface area contributed by atoms with Crippen molar-refractivity contribution in [3.05, 3.63) is 83.9 Å². The molecule has 4 aromatic rings. The summed E-state index contributed by atoms with van der Waals surface area (Å²) in [4.78, 5) is 0. The van der Waals surface area contributed by atoms with Crippen LogP contribution < -0.4 is 0 Å². The molecule has 7 rings (SSSR count). The van der Waals surface area contributed by atoms with E-state index < -0.39 is 18.9 Å². The van der Waals surface area contributed by atoms with Gasteiger partial charge in [0.2, 0.25) is 0 Å². The molecule has 0 nitrogen and oxygen atoms in total. The van der Waals surface area contributed by atoms with E-state index in [0.29, 0.717) is 0 Å². The van der Waals surface area contributed by atoms with Gasteiger partial charge in [-0.1, -0.05) is 49.7 Å². The van der Waals surface area contributed by atoms with E-state index in [2.05, 4.69) is 72.8 Å². The Balaban J connectivity index is 0.000000105. The summed E-state index contributed by atoms with van der Waals surface area (Å²) in [5.74, 6) is 1.76. The minimum absolute atomic E-state index is 0.880. The van der Waals surface area contributed by atoms with Crippen LogP contribution in [0.15, 0.2) is 72.8 Å². The van der Waals surface area contributed by atoms with Crippen molar-refractivity contribution in [2.75, 3.05) is 0 Å². The van der Waals surface area contributed by atoms with Gasteiger partial charge in [-0.05, 0) is 0 Å². The summed E-state index contributed by atoms with van der Waals surface area (Å²) in [6, 6.07) is 26.4. The average Bonchev–Trinajstić information content (AvgIpc) is 3.80. The van der Waals surface area contributed by atoms with Crippen molar-refractivity contribution in [1.82, 2.24) is 0 Å². The summed E-state index contributed by atoms with van der Waals surface area (Å²) in [6.45, 7) is 0. The zero-order valence-corrected chi connectivity index (χ0v) is 23.2. The fourth-order valence-electron chi connectivity index (χ4n) is 5.02. The molecule has 3 fully saturated rings. The van der Waals surface area contributed by atoms with Crippen LogP contribution in [0, 0.1) is 0 Å². The summed E-state index contributed by atoms with van der Waals surface area (Å²) in [6.07, 6.45) is 12.1. The summed E-state index contributed by atoms with van der Waals surface area (Å²) >= 11 is -1.88. The second-order valence-electron chi connectivity index (χ2n) is 9.73. The molecule has 0 N–H and O–H groups in total. The Hall–Kier alpha value is -1.01. The number of benzene rings is 2. The molecule has 0 unspecified atom stereocenters. The van der Waals surface area contributed by atoms with Crippen LogP contribution in [0.1, 0.15) is 80.8 Å². The van der Waals surface area contributed by atoms with Gasteiger partial charge in [0.1, 0.15) is 0 Å². The van der Waals surface area contributed by atoms with Crippen molar-refractivity contribution >= 4 is 41.8 Å². The molecule has 0 heterocycles. The van der Waals surface area contributed by atoms with E-state index in [9.17, 15) is 0 Å². The van der Waals surface area contributed by atoms with Gasteiger partial charge in [-0.2, -0.15) is 11.1 Å². The fraction of sp³-hybridized carbons (Fsp3) is 0.367. The molecule has 0 atom stereocenters. The topological polar surface area (TPSA) is 0 Å². The van der Waals surface area contributed by atoms with Gasteiger partial charge in [0.15, 0.2) is 0 Å². The number of fused-ring (bicyclic) bond motifs is 2. The van der Waals surface area contributed by atoms with Crippen LogP contribution in [0.5, 0.6) is 0 Å². The second kappa shape index (κ2) is 11.2. The van der Waals surface area contributed by atoms with Gasteiger partial charge >= 0.3 is 71.2 Å². The molecule has 172 valence electrons. The molecule has 3 heteroatoms. The zero-order valence-electron chi connectivity index (χ0n) is 19.2. The van der Waals surface area contributed by atoms with Crippen LogP contribution in [0.4, 0.5) is 0 Å². The van der Waals surface area contributed by atoms with Crippen molar-refractivity contribution in [1.29, 1.82) is 0 Å². The monoisotopic (exact) mass is 552 g/mol. The van der Waals surface area contributed by atoms with E-state index in [1.807, 2.05) is 0 Å². The molecule has 3 saturated carbocycles. The van der Waals surface area contributed by atoms with Crippen LogP contribution in [0.25, 0.3) is 21.5 Å². The van der Waals surface area contributed by atoms with E-state index in [0.717, 1.165) is 11.8 Å². The SMILES string of the molecule is [Cl][Zr]([Cl])=[C]1CCCCC1.c1ccc2c(C3CC3)c[cH-]c2c1.c1ccc2c(C3CC3)c[cH-]c2c1. The number of halogens is 2. The molecule has 33 heavy (non-hydrogen) atoms. The van der Waals surface area contributed by atoms with Crippen LogP contribution in [0.2, 0.25) is 0 Å².